The number of halogens is 2. The standard InChI is InChI=1S/C26H26Cl2N2O5S2/c1-34-22-10-9-16(11-23(22)35-20-7-2-3-8-20)17-12-24(31)30(15-17)19-6-4-5-18(13-19)29-37(32,33)25-14-21(27)26(28)36-25/h4-6,9-11,13-14,17,20,29H,2-3,7-8,12,15H2,1H3. The first-order chi connectivity index (χ1) is 17.7. The minimum atomic E-state index is -3.87. The van der Waals surface area contributed by atoms with E-state index in [2.05, 4.69) is 4.72 Å². The molecule has 7 nitrogen and oxygen atoms in total. The zero-order valence-electron chi connectivity index (χ0n) is 20.1. The van der Waals surface area contributed by atoms with Crippen molar-refractivity contribution in [1.82, 2.24) is 0 Å². The van der Waals surface area contributed by atoms with Crippen LogP contribution in [0.1, 0.15) is 43.6 Å². The summed E-state index contributed by atoms with van der Waals surface area (Å²) in [5.41, 5.74) is 1.96. The van der Waals surface area contributed by atoms with Crippen LogP contribution in [-0.2, 0) is 14.8 Å². The molecule has 1 atom stereocenters. The number of hydrogen-bond donors (Lipinski definition) is 1. The van der Waals surface area contributed by atoms with Gasteiger partial charge in [-0.15, -0.1) is 11.3 Å². The average Bonchev–Trinajstić information content (AvgIpc) is 3.60. The van der Waals surface area contributed by atoms with E-state index in [1.54, 1.807) is 36.3 Å². The average molecular weight is 582 g/mol. The van der Waals surface area contributed by atoms with E-state index < -0.39 is 10.0 Å². The third-order valence-corrected chi connectivity index (χ3v) is 10.4. The molecule has 2 heterocycles. The van der Waals surface area contributed by atoms with Gasteiger partial charge in [-0.05, 0) is 67.6 Å². The van der Waals surface area contributed by atoms with Crippen LogP contribution in [0.5, 0.6) is 11.5 Å². The molecule has 0 spiro atoms. The van der Waals surface area contributed by atoms with E-state index in [1.165, 1.54) is 18.9 Å². The first kappa shape index (κ1) is 26.2. The fourth-order valence-electron chi connectivity index (χ4n) is 4.81. The summed E-state index contributed by atoms with van der Waals surface area (Å²) < 4.78 is 40.1. The minimum absolute atomic E-state index is 0.0142. The van der Waals surface area contributed by atoms with E-state index in [0.717, 1.165) is 29.7 Å². The smallest absolute Gasteiger partial charge is 0.271 e. The number of sulfonamides is 1. The zero-order chi connectivity index (χ0) is 26.2. The van der Waals surface area contributed by atoms with Crippen molar-refractivity contribution in [2.24, 2.45) is 0 Å². The second-order valence-corrected chi connectivity index (χ2v) is 13.2. The summed E-state index contributed by atoms with van der Waals surface area (Å²) in [6, 6.07) is 14.0. The van der Waals surface area contributed by atoms with Crippen molar-refractivity contribution in [1.29, 1.82) is 0 Å². The van der Waals surface area contributed by atoms with Gasteiger partial charge in [0, 0.05) is 24.6 Å². The molecule has 37 heavy (non-hydrogen) atoms. The normalized spacial score (nSPS) is 18.4. The van der Waals surface area contributed by atoms with Gasteiger partial charge >= 0.3 is 0 Å². The Balaban J connectivity index is 1.33. The highest BCUT2D eigenvalue weighted by Crippen LogP contribution is 2.39. The Bertz CT molecular complexity index is 1400. The van der Waals surface area contributed by atoms with E-state index in [0.29, 0.717) is 35.8 Å². The van der Waals surface area contributed by atoms with Crippen molar-refractivity contribution >= 4 is 61.8 Å². The van der Waals surface area contributed by atoms with Crippen molar-refractivity contribution in [3.63, 3.8) is 0 Å². The van der Waals surface area contributed by atoms with Gasteiger partial charge < -0.3 is 14.4 Å². The Kier molecular flexibility index (Phi) is 7.58. The molecule has 1 aliphatic carbocycles. The highest BCUT2D eigenvalue weighted by molar-refractivity contribution is 7.94. The van der Waals surface area contributed by atoms with Crippen LogP contribution in [0.2, 0.25) is 9.36 Å². The van der Waals surface area contributed by atoms with Crippen LogP contribution in [0, 0.1) is 0 Å². The highest BCUT2D eigenvalue weighted by Gasteiger charge is 2.33. The fraction of sp³-hybridized carbons (Fsp3) is 0.346. The summed E-state index contributed by atoms with van der Waals surface area (Å²) in [7, 11) is -2.25. The third kappa shape index (κ3) is 5.70. The van der Waals surface area contributed by atoms with Crippen molar-refractivity contribution < 1.29 is 22.7 Å². The van der Waals surface area contributed by atoms with E-state index in [1.807, 2.05) is 18.2 Å². The minimum Gasteiger partial charge on any atom is -0.493 e. The van der Waals surface area contributed by atoms with Crippen LogP contribution in [0.3, 0.4) is 0 Å². The predicted molar refractivity (Wildman–Crippen MR) is 147 cm³/mol. The maximum Gasteiger partial charge on any atom is 0.271 e. The van der Waals surface area contributed by atoms with Gasteiger partial charge in [0.25, 0.3) is 10.0 Å². The molecule has 196 valence electrons. The lowest BCUT2D eigenvalue weighted by Gasteiger charge is -2.20. The van der Waals surface area contributed by atoms with Crippen LogP contribution in [-0.4, -0.2) is 34.1 Å². The Morgan fingerprint density at radius 3 is 2.54 bits per heavy atom. The van der Waals surface area contributed by atoms with Crippen LogP contribution < -0.4 is 19.1 Å². The molecule has 5 rings (SSSR count). The molecule has 3 aromatic rings. The third-order valence-electron chi connectivity index (χ3n) is 6.68. The van der Waals surface area contributed by atoms with Gasteiger partial charge in [-0.1, -0.05) is 35.3 Å². The van der Waals surface area contributed by atoms with Gasteiger partial charge in [0.05, 0.1) is 23.9 Å². The van der Waals surface area contributed by atoms with Crippen molar-refractivity contribution in [3.8, 4) is 11.5 Å². The molecule has 2 fully saturated rings. The van der Waals surface area contributed by atoms with Gasteiger partial charge in [0.1, 0.15) is 8.55 Å². The van der Waals surface area contributed by atoms with Gasteiger partial charge in [-0.25, -0.2) is 8.42 Å². The number of thiophene rings is 1. The second-order valence-electron chi connectivity index (χ2n) is 9.18. The lowest BCUT2D eigenvalue weighted by atomic mass is 9.98. The molecule has 11 heteroatoms. The lowest BCUT2D eigenvalue weighted by Crippen LogP contribution is -2.24. The molecule has 1 N–H and O–H groups in total. The first-order valence-corrected chi connectivity index (χ1v) is 15.0. The van der Waals surface area contributed by atoms with Crippen molar-refractivity contribution in [2.45, 2.75) is 48.3 Å². The molecule has 0 radical (unpaired) electrons. The number of nitrogens with one attached hydrogen (secondary N) is 1. The van der Waals surface area contributed by atoms with Crippen LogP contribution >= 0.6 is 34.5 Å². The van der Waals surface area contributed by atoms with Crippen LogP contribution in [0.15, 0.2) is 52.7 Å². The topological polar surface area (TPSA) is 84.9 Å². The molecule has 1 saturated carbocycles. The quantitative estimate of drug-likeness (QED) is 0.320. The number of benzene rings is 2. The van der Waals surface area contributed by atoms with Crippen LogP contribution in [0.25, 0.3) is 0 Å². The lowest BCUT2D eigenvalue weighted by molar-refractivity contribution is -0.117. The van der Waals surface area contributed by atoms with Crippen LogP contribution in [0.4, 0.5) is 11.4 Å². The maximum atomic E-state index is 13.0. The molecule has 1 unspecified atom stereocenters. The number of hydrogen-bond acceptors (Lipinski definition) is 6. The molecule has 1 saturated heterocycles. The van der Waals surface area contributed by atoms with Gasteiger partial charge in [-0.2, -0.15) is 0 Å². The summed E-state index contributed by atoms with van der Waals surface area (Å²) in [5.74, 6) is 1.34. The summed E-state index contributed by atoms with van der Waals surface area (Å²) in [5, 5.41) is 0.185. The fourth-order valence-corrected chi connectivity index (χ4v) is 7.74. The van der Waals surface area contributed by atoms with E-state index in [9.17, 15) is 13.2 Å². The maximum absolute atomic E-state index is 13.0. The van der Waals surface area contributed by atoms with E-state index in [-0.39, 0.29) is 31.5 Å². The van der Waals surface area contributed by atoms with Gasteiger partial charge in [-0.3, -0.25) is 9.52 Å². The number of rotatable bonds is 8. The van der Waals surface area contributed by atoms with E-state index in [4.69, 9.17) is 32.7 Å². The number of carbonyl (C=O) groups excluding carboxylic acids is 1. The number of ether oxygens (including phenoxy) is 2. The van der Waals surface area contributed by atoms with E-state index >= 15 is 0 Å². The molecule has 2 aromatic carbocycles. The number of nitrogens with zero attached hydrogens (tertiary/aromatic N) is 1. The molecule has 1 aromatic heterocycles. The molecule has 1 aliphatic heterocycles. The summed E-state index contributed by atoms with van der Waals surface area (Å²) >= 11 is 12.7. The summed E-state index contributed by atoms with van der Waals surface area (Å²) in [6.07, 6.45) is 4.95. The SMILES string of the molecule is COc1ccc(C2CC(=O)N(c3cccc(NS(=O)(=O)c4cc(Cl)c(Cl)s4)c3)C2)cc1OC1CCCC1. The summed E-state index contributed by atoms with van der Waals surface area (Å²) in [6.45, 7) is 0.473. The number of anilines is 2. The largest absolute Gasteiger partial charge is 0.493 e. The Morgan fingerprint density at radius 1 is 1.05 bits per heavy atom. The van der Waals surface area contributed by atoms with Gasteiger partial charge in [0.2, 0.25) is 5.91 Å². The Hall–Kier alpha value is -2.46. The summed E-state index contributed by atoms with van der Waals surface area (Å²) in [4.78, 5) is 14.7. The Morgan fingerprint density at radius 2 is 1.84 bits per heavy atom. The van der Waals surface area contributed by atoms with Crippen molar-refractivity contribution in [3.05, 3.63) is 63.5 Å². The van der Waals surface area contributed by atoms with Crippen molar-refractivity contribution in [2.75, 3.05) is 23.3 Å². The monoisotopic (exact) mass is 580 g/mol. The first-order valence-electron chi connectivity index (χ1n) is 12.0. The number of amides is 1. The number of carbonyl (C=O) groups is 1. The highest BCUT2D eigenvalue weighted by atomic mass is 35.5. The molecular weight excluding hydrogens is 555 g/mol. The second kappa shape index (κ2) is 10.7. The molecule has 1 amide bonds. The number of methoxy groups -OCH3 is 1. The van der Waals surface area contributed by atoms with Gasteiger partial charge in [0.15, 0.2) is 11.5 Å². The predicted octanol–water partition coefficient (Wildman–Crippen LogP) is 6.71. The zero-order valence-corrected chi connectivity index (χ0v) is 23.2. The molecular formula is C26H26Cl2N2O5S2. The molecule has 0 bridgehead atoms. The Labute approximate surface area is 230 Å². The molecule has 2 aliphatic rings.